The number of carbonyl (C=O) groups is 1. The molecule has 5 nitrogen and oxygen atoms in total. The van der Waals surface area contributed by atoms with E-state index in [1.54, 1.807) is 0 Å². The van der Waals surface area contributed by atoms with Gasteiger partial charge in [-0.05, 0) is 30.5 Å². The predicted molar refractivity (Wildman–Crippen MR) is 106 cm³/mol. The van der Waals surface area contributed by atoms with Gasteiger partial charge in [-0.1, -0.05) is 49.4 Å². The zero-order chi connectivity index (χ0) is 18.1. The van der Waals surface area contributed by atoms with E-state index in [1.807, 2.05) is 28.9 Å². The Morgan fingerprint density at radius 2 is 1.73 bits per heavy atom. The largest absolute Gasteiger partial charge is 0.310 e. The fourth-order valence-corrected chi connectivity index (χ4v) is 5.19. The smallest absolute Gasteiger partial charge is 0.270 e. The number of aromatic amines is 1. The lowest BCUT2D eigenvalue weighted by atomic mass is 10.1. The third-order valence-corrected chi connectivity index (χ3v) is 6.75. The van der Waals surface area contributed by atoms with E-state index in [2.05, 4.69) is 10.4 Å². The van der Waals surface area contributed by atoms with E-state index in [4.69, 9.17) is 11.6 Å². The van der Waals surface area contributed by atoms with E-state index in [9.17, 15) is 9.59 Å². The van der Waals surface area contributed by atoms with Crippen molar-refractivity contribution in [2.75, 3.05) is 11.1 Å². The van der Waals surface area contributed by atoms with Crippen molar-refractivity contribution in [1.29, 1.82) is 0 Å². The Morgan fingerprint density at radius 1 is 1.04 bits per heavy atom. The van der Waals surface area contributed by atoms with Gasteiger partial charge in [0.2, 0.25) is 5.91 Å². The van der Waals surface area contributed by atoms with Crippen molar-refractivity contribution < 1.29 is 4.79 Å². The van der Waals surface area contributed by atoms with Gasteiger partial charge in [-0.2, -0.15) is 0 Å². The molecule has 2 N–H and O–H groups in total. The van der Waals surface area contributed by atoms with Gasteiger partial charge in [0.1, 0.15) is 5.82 Å². The molecule has 2 aliphatic rings. The van der Waals surface area contributed by atoms with Crippen LogP contribution in [-0.4, -0.2) is 21.4 Å². The number of halogens is 1. The quantitative estimate of drug-likeness (QED) is 0.740. The number of fused-ring (bicyclic) bond motifs is 1. The minimum Gasteiger partial charge on any atom is -0.310 e. The number of benzene rings is 1. The lowest BCUT2D eigenvalue weighted by Crippen LogP contribution is -2.19. The Bertz CT molecular complexity index is 851. The van der Waals surface area contributed by atoms with Gasteiger partial charge in [-0.3, -0.25) is 19.4 Å². The van der Waals surface area contributed by atoms with Crippen LogP contribution in [0.2, 0.25) is 5.02 Å². The molecule has 0 radical (unpaired) electrons. The Labute approximate surface area is 161 Å². The number of amides is 1. The summed E-state index contributed by atoms with van der Waals surface area (Å²) in [6, 6.07) is 7.76. The van der Waals surface area contributed by atoms with Gasteiger partial charge < -0.3 is 5.32 Å². The highest BCUT2D eigenvalue weighted by Gasteiger charge is 2.32. The van der Waals surface area contributed by atoms with Crippen molar-refractivity contribution in [1.82, 2.24) is 9.78 Å². The van der Waals surface area contributed by atoms with E-state index in [0.29, 0.717) is 22.2 Å². The molecule has 1 fully saturated rings. The van der Waals surface area contributed by atoms with E-state index >= 15 is 0 Å². The lowest BCUT2D eigenvalue weighted by molar-refractivity contribution is -0.113. The number of nitrogens with zero attached hydrogens (tertiary/aromatic N) is 1. The molecule has 138 valence electrons. The highest BCUT2D eigenvalue weighted by molar-refractivity contribution is 8.00. The van der Waals surface area contributed by atoms with Gasteiger partial charge in [0.15, 0.2) is 0 Å². The molecular formula is C19H22ClN3O2S. The Morgan fingerprint density at radius 3 is 2.42 bits per heavy atom. The van der Waals surface area contributed by atoms with E-state index in [0.717, 1.165) is 31.2 Å². The molecule has 1 aromatic carbocycles. The molecule has 0 saturated heterocycles. The molecule has 1 atom stereocenters. The fourth-order valence-electron chi connectivity index (χ4n) is 3.93. The Hall–Kier alpha value is -1.66. The van der Waals surface area contributed by atoms with Crippen LogP contribution in [0.4, 0.5) is 5.82 Å². The number of H-pyrrole nitrogens is 1. The topological polar surface area (TPSA) is 66.9 Å². The molecule has 1 aromatic heterocycles. The number of thioether (sulfide) groups is 1. The van der Waals surface area contributed by atoms with Crippen LogP contribution in [0.25, 0.3) is 0 Å². The summed E-state index contributed by atoms with van der Waals surface area (Å²) in [7, 11) is 0. The second kappa shape index (κ2) is 7.53. The highest BCUT2D eigenvalue weighted by Crippen LogP contribution is 2.41. The van der Waals surface area contributed by atoms with E-state index < -0.39 is 0 Å². The van der Waals surface area contributed by atoms with E-state index in [-0.39, 0.29) is 22.8 Å². The third kappa shape index (κ3) is 3.45. The first kappa shape index (κ1) is 17.7. The Kier molecular flexibility index (Phi) is 5.14. The van der Waals surface area contributed by atoms with E-state index in [1.165, 1.54) is 24.6 Å². The zero-order valence-corrected chi connectivity index (χ0v) is 16.0. The molecule has 2 heterocycles. The number of hydrogen-bond donors (Lipinski definition) is 2. The van der Waals surface area contributed by atoms with Gasteiger partial charge in [0, 0.05) is 5.02 Å². The molecule has 0 unspecified atom stereocenters. The number of carbonyl (C=O) groups excluding carboxylic acids is 1. The standard InChI is InChI=1S/C19H22ClN3O2S/c20-13-9-7-12(8-10-13)17-16-18(21-15(24)11-26-17)23(22-19(16)25)14-5-3-1-2-4-6-14/h7-10,14,17H,1-6,11H2,(H,21,24)(H,22,25)/t17-/m0/s1. The summed E-state index contributed by atoms with van der Waals surface area (Å²) in [5, 5.41) is 6.48. The summed E-state index contributed by atoms with van der Waals surface area (Å²) >= 11 is 7.50. The van der Waals surface area contributed by atoms with Gasteiger partial charge in [-0.15, -0.1) is 11.8 Å². The van der Waals surface area contributed by atoms with Crippen molar-refractivity contribution >= 4 is 35.1 Å². The van der Waals surface area contributed by atoms with Crippen LogP contribution in [0.5, 0.6) is 0 Å². The van der Waals surface area contributed by atoms with Gasteiger partial charge in [0.05, 0.1) is 22.6 Å². The summed E-state index contributed by atoms with van der Waals surface area (Å²) < 4.78 is 1.93. The maximum absolute atomic E-state index is 12.9. The second-order valence-electron chi connectivity index (χ2n) is 7.01. The van der Waals surface area contributed by atoms with Crippen LogP contribution >= 0.6 is 23.4 Å². The van der Waals surface area contributed by atoms with Crippen LogP contribution < -0.4 is 10.9 Å². The average Bonchev–Trinajstić information content (AvgIpc) is 2.83. The number of anilines is 1. The summed E-state index contributed by atoms with van der Waals surface area (Å²) in [6.45, 7) is 0. The second-order valence-corrected chi connectivity index (χ2v) is 8.54. The highest BCUT2D eigenvalue weighted by atomic mass is 35.5. The first-order chi connectivity index (χ1) is 12.6. The minimum absolute atomic E-state index is 0.0610. The lowest BCUT2D eigenvalue weighted by Gasteiger charge is -2.19. The molecule has 1 aliphatic heterocycles. The molecule has 1 aliphatic carbocycles. The van der Waals surface area contributed by atoms with Gasteiger partial charge >= 0.3 is 0 Å². The van der Waals surface area contributed by atoms with Crippen molar-refractivity contribution in [3.05, 3.63) is 50.8 Å². The van der Waals surface area contributed by atoms with Crippen LogP contribution in [0.1, 0.15) is 60.9 Å². The first-order valence-electron chi connectivity index (χ1n) is 9.15. The SMILES string of the molecule is O=C1CS[C@@H](c2ccc(Cl)cc2)c2c(n(C3CCCCCC3)[nH]c2=O)N1. The normalized spacial score (nSPS) is 21.6. The summed E-state index contributed by atoms with van der Waals surface area (Å²) in [6.07, 6.45) is 6.85. The van der Waals surface area contributed by atoms with Crippen molar-refractivity contribution in [2.45, 2.75) is 49.8 Å². The van der Waals surface area contributed by atoms with Crippen molar-refractivity contribution in [2.24, 2.45) is 0 Å². The monoisotopic (exact) mass is 391 g/mol. The zero-order valence-electron chi connectivity index (χ0n) is 14.5. The maximum Gasteiger partial charge on any atom is 0.270 e. The number of aromatic nitrogens is 2. The molecule has 2 aromatic rings. The summed E-state index contributed by atoms with van der Waals surface area (Å²) in [4.78, 5) is 25.2. The molecule has 0 bridgehead atoms. The van der Waals surface area contributed by atoms with Crippen molar-refractivity contribution in [3.63, 3.8) is 0 Å². The molecule has 0 spiro atoms. The molecule has 26 heavy (non-hydrogen) atoms. The van der Waals surface area contributed by atoms with Crippen LogP contribution in [-0.2, 0) is 4.79 Å². The third-order valence-electron chi connectivity index (χ3n) is 5.23. The summed E-state index contributed by atoms with van der Waals surface area (Å²) in [5.41, 5.74) is 1.52. The van der Waals surface area contributed by atoms with Crippen LogP contribution in [0.3, 0.4) is 0 Å². The number of hydrogen-bond acceptors (Lipinski definition) is 3. The van der Waals surface area contributed by atoms with Crippen LogP contribution in [0, 0.1) is 0 Å². The van der Waals surface area contributed by atoms with Gasteiger partial charge in [0.25, 0.3) is 5.56 Å². The molecular weight excluding hydrogens is 370 g/mol. The van der Waals surface area contributed by atoms with Crippen molar-refractivity contribution in [3.8, 4) is 0 Å². The predicted octanol–water partition coefficient (Wildman–Crippen LogP) is 4.50. The van der Waals surface area contributed by atoms with Gasteiger partial charge in [-0.25, -0.2) is 0 Å². The molecule has 4 rings (SSSR count). The molecule has 1 amide bonds. The fraction of sp³-hybridized carbons (Fsp3) is 0.474. The minimum atomic E-state index is -0.183. The maximum atomic E-state index is 12.9. The molecule has 1 saturated carbocycles. The molecule has 7 heteroatoms. The first-order valence-corrected chi connectivity index (χ1v) is 10.6. The number of nitrogens with one attached hydrogen (secondary N) is 2. The average molecular weight is 392 g/mol. The number of rotatable bonds is 2. The summed E-state index contributed by atoms with van der Waals surface area (Å²) in [5.74, 6) is 0.914. The Balaban J connectivity index is 1.79. The van der Waals surface area contributed by atoms with Crippen LogP contribution in [0.15, 0.2) is 29.1 Å².